The molecule has 1 heterocycles. The van der Waals surface area contributed by atoms with Crippen LogP contribution >= 0.6 is 0 Å². The van der Waals surface area contributed by atoms with E-state index in [4.69, 9.17) is 14.2 Å². The van der Waals surface area contributed by atoms with Crippen LogP contribution in [0.4, 0.5) is 5.69 Å². The molecule has 1 amide bonds. The molecule has 3 rings (SSSR count). The number of amides is 1. The number of carbonyl (C=O) groups excluding carboxylic acids is 2. The third-order valence-corrected chi connectivity index (χ3v) is 4.72. The molecule has 158 valence electrons. The summed E-state index contributed by atoms with van der Waals surface area (Å²) in [6.07, 6.45) is 3.82. The van der Waals surface area contributed by atoms with Gasteiger partial charge >= 0.3 is 0 Å². The Hall–Kier alpha value is -3.32. The summed E-state index contributed by atoms with van der Waals surface area (Å²) in [6.45, 7) is 3.94. The molecule has 0 radical (unpaired) electrons. The Balaban J connectivity index is 2.10. The Morgan fingerprint density at radius 3 is 2.47 bits per heavy atom. The lowest BCUT2D eigenvalue weighted by atomic mass is 9.94. The van der Waals surface area contributed by atoms with Crippen LogP contribution in [0, 0.1) is 0 Å². The molecule has 0 aromatic heterocycles. The van der Waals surface area contributed by atoms with Gasteiger partial charge in [-0.3, -0.25) is 9.59 Å². The Morgan fingerprint density at radius 1 is 1.07 bits per heavy atom. The predicted octanol–water partition coefficient (Wildman–Crippen LogP) is 3.28. The first-order chi connectivity index (χ1) is 14.3. The smallest absolute Gasteiger partial charge is 0.238 e. The van der Waals surface area contributed by atoms with Gasteiger partial charge in [-0.15, -0.1) is 0 Å². The summed E-state index contributed by atoms with van der Waals surface area (Å²) in [5, 5.41) is 5.56. The normalized spacial score (nSPS) is 13.8. The summed E-state index contributed by atoms with van der Waals surface area (Å²) in [6, 6.07) is 8.36. The second-order valence-corrected chi connectivity index (χ2v) is 7.42. The number of methoxy groups -OCH3 is 2. The van der Waals surface area contributed by atoms with Gasteiger partial charge in [-0.05, 0) is 57.3 Å². The fourth-order valence-corrected chi connectivity index (χ4v) is 3.24. The van der Waals surface area contributed by atoms with Crippen molar-refractivity contribution in [2.45, 2.75) is 19.4 Å². The lowest BCUT2D eigenvalue weighted by Crippen LogP contribution is -2.29. The molecule has 0 atom stereocenters. The number of likely N-dealkylation sites (N-methyl/N-ethyl adjacent to an activating group) is 1. The van der Waals surface area contributed by atoms with Crippen LogP contribution in [-0.2, 0) is 4.79 Å². The first-order valence-corrected chi connectivity index (χ1v) is 9.56. The van der Waals surface area contributed by atoms with E-state index in [-0.39, 0.29) is 18.2 Å². The van der Waals surface area contributed by atoms with Gasteiger partial charge in [-0.2, -0.15) is 0 Å². The minimum Gasteiger partial charge on any atom is -0.497 e. The number of hydrogen-bond acceptors (Lipinski definition) is 6. The van der Waals surface area contributed by atoms with Crippen molar-refractivity contribution in [2.24, 2.45) is 0 Å². The van der Waals surface area contributed by atoms with Gasteiger partial charge < -0.3 is 24.8 Å². The van der Waals surface area contributed by atoms with Crippen molar-refractivity contribution in [3.63, 3.8) is 0 Å². The molecule has 7 heteroatoms. The average molecular weight is 410 g/mol. The standard InChI is InChI=1S/C23H26N2O5/c1-23(2)11-10-16-19(29-5)9-8-17(22(16)30-23)21(27)15-7-6-14(28-4)12-18(15)25-20(26)13-24-3/h6-12,24H,13H2,1-5H3,(H,25,26). The highest BCUT2D eigenvalue weighted by atomic mass is 16.5. The summed E-state index contributed by atoms with van der Waals surface area (Å²) in [4.78, 5) is 25.7. The summed E-state index contributed by atoms with van der Waals surface area (Å²) in [7, 11) is 4.77. The van der Waals surface area contributed by atoms with E-state index >= 15 is 0 Å². The summed E-state index contributed by atoms with van der Waals surface area (Å²) in [5.41, 5.74) is 1.23. The van der Waals surface area contributed by atoms with Crippen molar-refractivity contribution in [3.8, 4) is 17.2 Å². The fourth-order valence-electron chi connectivity index (χ4n) is 3.24. The molecule has 2 aromatic rings. The van der Waals surface area contributed by atoms with Crippen molar-refractivity contribution in [1.82, 2.24) is 5.32 Å². The molecule has 7 nitrogen and oxygen atoms in total. The maximum Gasteiger partial charge on any atom is 0.238 e. The van der Waals surface area contributed by atoms with Gasteiger partial charge in [-0.1, -0.05) is 0 Å². The molecular formula is C23H26N2O5. The van der Waals surface area contributed by atoms with Crippen LogP contribution in [0.15, 0.2) is 36.4 Å². The predicted molar refractivity (Wildman–Crippen MR) is 116 cm³/mol. The molecule has 0 bridgehead atoms. The highest BCUT2D eigenvalue weighted by Crippen LogP contribution is 2.41. The minimum absolute atomic E-state index is 0.116. The monoisotopic (exact) mass is 410 g/mol. The zero-order valence-corrected chi connectivity index (χ0v) is 17.8. The number of ether oxygens (including phenoxy) is 3. The molecule has 2 N–H and O–H groups in total. The van der Waals surface area contributed by atoms with E-state index in [0.717, 1.165) is 0 Å². The maximum atomic E-state index is 13.5. The number of nitrogens with one attached hydrogen (secondary N) is 2. The number of fused-ring (bicyclic) bond motifs is 1. The molecule has 0 unspecified atom stereocenters. The molecule has 0 saturated heterocycles. The van der Waals surface area contributed by atoms with Crippen LogP contribution in [0.5, 0.6) is 17.2 Å². The van der Waals surface area contributed by atoms with Crippen molar-refractivity contribution in [3.05, 3.63) is 53.1 Å². The van der Waals surface area contributed by atoms with Gasteiger partial charge in [-0.25, -0.2) is 0 Å². The number of benzene rings is 2. The van der Waals surface area contributed by atoms with E-state index in [1.165, 1.54) is 7.11 Å². The van der Waals surface area contributed by atoms with E-state index < -0.39 is 5.60 Å². The lowest BCUT2D eigenvalue weighted by Gasteiger charge is -2.30. The van der Waals surface area contributed by atoms with Crippen molar-refractivity contribution < 1.29 is 23.8 Å². The molecule has 2 aromatic carbocycles. The van der Waals surface area contributed by atoms with Gasteiger partial charge in [0, 0.05) is 11.6 Å². The first-order valence-electron chi connectivity index (χ1n) is 9.56. The molecular weight excluding hydrogens is 384 g/mol. The zero-order chi connectivity index (χ0) is 21.9. The van der Waals surface area contributed by atoms with Crippen LogP contribution < -0.4 is 24.8 Å². The lowest BCUT2D eigenvalue weighted by molar-refractivity contribution is -0.115. The SMILES string of the molecule is CNCC(=O)Nc1cc(OC)ccc1C(=O)c1ccc(OC)c2c1OC(C)(C)C=C2. The number of carbonyl (C=O) groups is 2. The molecule has 1 aliphatic rings. The first kappa shape index (κ1) is 21.4. The van der Waals surface area contributed by atoms with Crippen LogP contribution in [0.1, 0.15) is 35.3 Å². The third-order valence-electron chi connectivity index (χ3n) is 4.72. The van der Waals surface area contributed by atoms with E-state index in [9.17, 15) is 9.59 Å². The number of ketones is 1. The maximum absolute atomic E-state index is 13.5. The summed E-state index contributed by atoms with van der Waals surface area (Å²) in [5.74, 6) is 1.06. The van der Waals surface area contributed by atoms with Crippen molar-refractivity contribution in [2.75, 3.05) is 33.1 Å². The second-order valence-electron chi connectivity index (χ2n) is 7.42. The van der Waals surface area contributed by atoms with Crippen LogP contribution in [0.2, 0.25) is 0 Å². The van der Waals surface area contributed by atoms with Crippen molar-refractivity contribution in [1.29, 1.82) is 0 Å². The minimum atomic E-state index is -0.571. The molecule has 0 saturated carbocycles. The highest BCUT2D eigenvalue weighted by molar-refractivity contribution is 6.16. The quantitative estimate of drug-likeness (QED) is 0.682. The number of hydrogen-bond donors (Lipinski definition) is 2. The van der Waals surface area contributed by atoms with Gasteiger partial charge in [0.15, 0.2) is 5.78 Å². The van der Waals surface area contributed by atoms with Gasteiger partial charge in [0.25, 0.3) is 0 Å². The third kappa shape index (κ3) is 4.31. The molecule has 0 spiro atoms. The van der Waals surface area contributed by atoms with Crippen LogP contribution in [-0.4, -0.2) is 45.1 Å². The van der Waals surface area contributed by atoms with E-state index in [2.05, 4.69) is 10.6 Å². The molecule has 30 heavy (non-hydrogen) atoms. The van der Waals surface area contributed by atoms with Crippen LogP contribution in [0.3, 0.4) is 0 Å². The topological polar surface area (TPSA) is 85.9 Å². The highest BCUT2D eigenvalue weighted by Gasteiger charge is 2.29. The molecule has 1 aliphatic heterocycles. The Labute approximate surface area is 176 Å². The fraction of sp³-hybridized carbons (Fsp3) is 0.304. The van der Waals surface area contributed by atoms with E-state index in [1.54, 1.807) is 44.5 Å². The largest absolute Gasteiger partial charge is 0.497 e. The summed E-state index contributed by atoms with van der Waals surface area (Å²) >= 11 is 0. The Morgan fingerprint density at radius 2 is 1.80 bits per heavy atom. The van der Waals surface area contributed by atoms with Crippen molar-refractivity contribution >= 4 is 23.5 Å². The van der Waals surface area contributed by atoms with Gasteiger partial charge in [0.05, 0.1) is 37.6 Å². The summed E-state index contributed by atoms with van der Waals surface area (Å²) < 4.78 is 16.8. The molecule has 0 fully saturated rings. The van der Waals surface area contributed by atoms with E-state index in [1.807, 2.05) is 26.0 Å². The zero-order valence-electron chi connectivity index (χ0n) is 17.8. The van der Waals surface area contributed by atoms with E-state index in [0.29, 0.717) is 39.6 Å². The number of rotatable bonds is 7. The second kappa shape index (κ2) is 8.59. The number of anilines is 1. The Bertz CT molecular complexity index is 1010. The van der Waals surface area contributed by atoms with Crippen LogP contribution in [0.25, 0.3) is 6.08 Å². The average Bonchev–Trinajstić information content (AvgIpc) is 2.71. The molecule has 0 aliphatic carbocycles. The van der Waals surface area contributed by atoms with Gasteiger partial charge in [0.1, 0.15) is 22.8 Å². The van der Waals surface area contributed by atoms with Gasteiger partial charge in [0.2, 0.25) is 5.91 Å². The Kier molecular flexibility index (Phi) is 6.12.